The summed E-state index contributed by atoms with van der Waals surface area (Å²) in [4.78, 5) is 2.85. The molecule has 1 aliphatic heterocycles. The molecule has 0 aliphatic carbocycles. The van der Waals surface area contributed by atoms with Gasteiger partial charge in [0.1, 0.15) is 0 Å². The highest BCUT2D eigenvalue weighted by molar-refractivity contribution is 4.97. The van der Waals surface area contributed by atoms with Gasteiger partial charge in [0, 0.05) is 31.2 Å². The van der Waals surface area contributed by atoms with Crippen LogP contribution in [-0.4, -0.2) is 36.1 Å². The fraction of sp³-hybridized carbons (Fsp3) is 1.00. The lowest BCUT2D eigenvalue weighted by Gasteiger charge is -2.50. The van der Waals surface area contributed by atoms with Crippen LogP contribution in [0.5, 0.6) is 0 Å². The maximum atomic E-state index is 3.78. The molecule has 0 aromatic carbocycles. The van der Waals surface area contributed by atoms with Crippen LogP contribution in [0.2, 0.25) is 0 Å². The van der Waals surface area contributed by atoms with E-state index in [9.17, 15) is 0 Å². The highest BCUT2D eigenvalue weighted by Gasteiger charge is 2.38. The molecular formula is C18H38N2. The van der Waals surface area contributed by atoms with Crippen molar-refractivity contribution >= 4 is 0 Å². The van der Waals surface area contributed by atoms with E-state index in [4.69, 9.17) is 0 Å². The molecule has 20 heavy (non-hydrogen) atoms. The molecule has 0 aromatic rings. The second-order valence-corrected chi connectivity index (χ2v) is 6.74. The first-order valence-corrected chi connectivity index (χ1v) is 9.14. The van der Waals surface area contributed by atoms with E-state index in [2.05, 4.69) is 44.8 Å². The number of unbranched alkanes of at least 4 members (excludes halogenated alkanes) is 1. The number of rotatable bonds is 9. The Kier molecular flexibility index (Phi) is 8.13. The van der Waals surface area contributed by atoms with Gasteiger partial charge < -0.3 is 5.32 Å². The molecule has 1 N–H and O–H groups in total. The van der Waals surface area contributed by atoms with Gasteiger partial charge in [0.25, 0.3) is 0 Å². The second-order valence-electron chi connectivity index (χ2n) is 6.74. The van der Waals surface area contributed by atoms with Crippen molar-refractivity contribution in [3.05, 3.63) is 0 Å². The Morgan fingerprint density at radius 1 is 1.15 bits per heavy atom. The zero-order valence-electron chi connectivity index (χ0n) is 14.7. The normalized spacial score (nSPS) is 24.8. The molecule has 120 valence electrons. The Balaban J connectivity index is 2.72. The lowest BCUT2D eigenvalue weighted by atomic mass is 9.85. The van der Waals surface area contributed by atoms with Crippen LogP contribution in [0.15, 0.2) is 0 Å². The number of hydrogen-bond acceptors (Lipinski definition) is 2. The average Bonchev–Trinajstić information content (AvgIpc) is 2.51. The monoisotopic (exact) mass is 282 g/mol. The van der Waals surface area contributed by atoms with Crippen LogP contribution in [0.4, 0.5) is 0 Å². The Bertz CT molecular complexity index is 248. The minimum Gasteiger partial charge on any atom is -0.311 e. The molecule has 1 fully saturated rings. The Labute approximate surface area is 127 Å². The summed E-state index contributed by atoms with van der Waals surface area (Å²) in [5.41, 5.74) is 0.408. The predicted molar refractivity (Wildman–Crippen MR) is 90.3 cm³/mol. The van der Waals surface area contributed by atoms with Crippen LogP contribution >= 0.6 is 0 Å². The van der Waals surface area contributed by atoms with Crippen molar-refractivity contribution in [2.24, 2.45) is 5.92 Å². The Hall–Kier alpha value is -0.0800. The van der Waals surface area contributed by atoms with Crippen LogP contribution in [-0.2, 0) is 0 Å². The molecule has 2 unspecified atom stereocenters. The molecule has 1 saturated heterocycles. The standard InChI is InChI=1S/C18H38N2/c1-6-11-12-16(7-2)13-20-14-17(8-3)19-15-18(20,9-4)10-5/h16-17,19H,6-15H2,1-5H3. The quantitative estimate of drug-likeness (QED) is 0.672. The number of nitrogens with zero attached hydrogens (tertiary/aromatic N) is 1. The first-order chi connectivity index (χ1) is 9.65. The van der Waals surface area contributed by atoms with Crippen molar-refractivity contribution in [1.82, 2.24) is 10.2 Å². The van der Waals surface area contributed by atoms with Crippen molar-refractivity contribution in [3.8, 4) is 0 Å². The highest BCUT2D eigenvalue weighted by Crippen LogP contribution is 2.29. The average molecular weight is 283 g/mol. The summed E-state index contributed by atoms with van der Waals surface area (Å²) in [6.07, 6.45) is 9.29. The zero-order chi connectivity index (χ0) is 15.0. The van der Waals surface area contributed by atoms with Gasteiger partial charge in [-0.2, -0.15) is 0 Å². The highest BCUT2D eigenvalue weighted by atomic mass is 15.3. The molecule has 0 saturated carbocycles. The third kappa shape index (κ3) is 4.46. The van der Waals surface area contributed by atoms with Crippen molar-refractivity contribution in [2.45, 2.75) is 91.1 Å². The maximum Gasteiger partial charge on any atom is 0.0329 e. The maximum absolute atomic E-state index is 3.78. The van der Waals surface area contributed by atoms with E-state index in [1.807, 2.05) is 0 Å². The van der Waals surface area contributed by atoms with Crippen LogP contribution in [0.25, 0.3) is 0 Å². The first kappa shape index (κ1) is 18.0. The predicted octanol–water partition coefficient (Wildman–Crippen LogP) is 4.45. The molecule has 0 amide bonds. The van der Waals surface area contributed by atoms with Crippen molar-refractivity contribution < 1.29 is 0 Å². The molecule has 2 nitrogen and oxygen atoms in total. The summed E-state index contributed by atoms with van der Waals surface area (Å²) in [5, 5.41) is 3.78. The summed E-state index contributed by atoms with van der Waals surface area (Å²) in [5.74, 6) is 0.892. The van der Waals surface area contributed by atoms with E-state index < -0.39 is 0 Å². The molecule has 1 heterocycles. The molecule has 0 aromatic heterocycles. The summed E-state index contributed by atoms with van der Waals surface area (Å²) < 4.78 is 0. The van der Waals surface area contributed by atoms with Gasteiger partial charge in [-0.05, 0) is 31.6 Å². The van der Waals surface area contributed by atoms with Crippen molar-refractivity contribution in [1.29, 1.82) is 0 Å². The molecule has 1 aliphatic rings. The molecule has 0 spiro atoms. The summed E-state index contributed by atoms with van der Waals surface area (Å²) in [6, 6.07) is 0.699. The summed E-state index contributed by atoms with van der Waals surface area (Å²) >= 11 is 0. The Morgan fingerprint density at radius 2 is 1.85 bits per heavy atom. The lowest BCUT2D eigenvalue weighted by Crippen LogP contribution is -2.64. The molecule has 1 rings (SSSR count). The van der Waals surface area contributed by atoms with E-state index in [-0.39, 0.29) is 0 Å². The van der Waals surface area contributed by atoms with Gasteiger partial charge in [-0.15, -0.1) is 0 Å². The van der Waals surface area contributed by atoms with Crippen LogP contribution in [0.1, 0.15) is 79.6 Å². The number of hydrogen-bond donors (Lipinski definition) is 1. The van der Waals surface area contributed by atoms with E-state index >= 15 is 0 Å². The third-order valence-corrected chi connectivity index (χ3v) is 5.66. The van der Waals surface area contributed by atoms with E-state index in [0.717, 1.165) is 5.92 Å². The van der Waals surface area contributed by atoms with Gasteiger partial charge in [-0.3, -0.25) is 4.90 Å². The SMILES string of the molecule is CCCCC(CC)CN1CC(CC)NCC1(CC)CC. The zero-order valence-corrected chi connectivity index (χ0v) is 14.7. The van der Waals surface area contributed by atoms with Gasteiger partial charge in [-0.1, -0.05) is 53.9 Å². The third-order valence-electron chi connectivity index (χ3n) is 5.66. The molecule has 2 heteroatoms. The minimum atomic E-state index is 0.408. The van der Waals surface area contributed by atoms with Gasteiger partial charge in [0.15, 0.2) is 0 Å². The Morgan fingerprint density at radius 3 is 2.35 bits per heavy atom. The number of nitrogens with one attached hydrogen (secondary N) is 1. The minimum absolute atomic E-state index is 0.408. The fourth-order valence-corrected chi connectivity index (χ4v) is 3.69. The number of piperazine rings is 1. The van der Waals surface area contributed by atoms with Crippen LogP contribution in [0.3, 0.4) is 0 Å². The molecule has 0 bridgehead atoms. The fourth-order valence-electron chi connectivity index (χ4n) is 3.69. The van der Waals surface area contributed by atoms with Gasteiger partial charge in [-0.25, -0.2) is 0 Å². The van der Waals surface area contributed by atoms with E-state index in [1.54, 1.807) is 0 Å². The first-order valence-electron chi connectivity index (χ1n) is 9.14. The lowest BCUT2D eigenvalue weighted by molar-refractivity contribution is 0.0162. The smallest absolute Gasteiger partial charge is 0.0329 e. The molecular weight excluding hydrogens is 244 g/mol. The van der Waals surface area contributed by atoms with Gasteiger partial charge in [0.05, 0.1) is 0 Å². The second kappa shape index (κ2) is 9.04. The van der Waals surface area contributed by atoms with Crippen LogP contribution in [0, 0.1) is 5.92 Å². The van der Waals surface area contributed by atoms with E-state index in [0.29, 0.717) is 11.6 Å². The van der Waals surface area contributed by atoms with Gasteiger partial charge >= 0.3 is 0 Å². The summed E-state index contributed by atoms with van der Waals surface area (Å²) in [7, 11) is 0. The van der Waals surface area contributed by atoms with E-state index in [1.165, 1.54) is 64.6 Å². The van der Waals surface area contributed by atoms with Crippen molar-refractivity contribution in [3.63, 3.8) is 0 Å². The summed E-state index contributed by atoms with van der Waals surface area (Å²) in [6.45, 7) is 15.5. The topological polar surface area (TPSA) is 15.3 Å². The molecule has 0 radical (unpaired) electrons. The van der Waals surface area contributed by atoms with Crippen molar-refractivity contribution in [2.75, 3.05) is 19.6 Å². The largest absolute Gasteiger partial charge is 0.311 e. The van der Waals surface area contributed by atoms with Crippen LogP contribution < -0.4 is 5.32 Å². The molecule has 2 atom stereocenters. The van der Waals surface area contributed by atoms with Gasteiger partial charge in [0.2, 0.25) is 0 Å².